The molecule has 0 aliphatic heterocycles. The molecule has 5 rings (SSSR count). The van der Waals surface area contributed by atoms with Crippen LogP contribution in [-0.2, 0) is 31.5 Å². The number of hydrogen-bond acceptors (Lipinski definition) is 8. The van der Waals surface area contributed by atoms with E-state index in [-0.39, 0.29) is 31.6 Å². The molecule has 0 heterocycles. The minimum Gasteiger partial charge on any atom is -0.478 e. The second kappa shape index (κ2) is 15.3. The van der Waals surface area contributed by atoms with Gasteiger partial charge in [-0.1, -0.05) is 49.4 Å². The lowest BCUT2D eigenvalue weighted by Gasteiger charge is -2.34. The molecule has 56 heavy (non-hydrogen) atoms. The maximum absolute atomic E-state index is 15.1. The van der Waals surface area contributed by atoms with E-state index in [4.69, 9.17) is 0 Å². The second-order valence-corrected chi connectivity index (χ2v) is 17.0. The Labute approximate surface area is 320 Å². The first-order valence-electron chi connectivity index (χ1n) is 16.8. The Morgan fingerprint density at radius 3 is 1.45 bits per heavy atom. The molecule has 1 atom stereocenters. The maximum atomic E-state index is 15.1. The molecule has 0 spiro atoms. The van der Waals surface area contributed by atoms with E-state index in [1.165, 1.54) is 55.5 Å². The van der Waals surface area contributed by atoms with Gasteiger partial charge in [-0.15, -0.1) is 0 Å². The Morgan fingerprint density at radius 1 is 0.571 bits per heavy atom. The van der Waals surface area contributed by atoms with Crippen LogP contribution in [0.4, 0.5) is 13.2 Å². The average Bonchev–Trinajstić information content (AvgIpc) is 3.16. The van der Waals surface area contributed by atoms with Gasteiger partial charge in [0.1, 0.15) is 5.41 Å². The number of ketones is 2. The van der Waals surface area contributed by atoms with Crippen molar-refractivity contribution in [3.63, 3.8) is 0 Å². The van der Waals surface area contributed by atoms with Gasteiger partial charge in [-0.2, -0.15) is 13.2 Å². The smallest absolute Gasteiger partial charge is 0.402 e. The van der Waals surface area contributed by atoms with Crippen LogP contribution in [0.3, 0.4) is 0 Å². The van der Waals surface area contributed by atoms with Crippen LogP contribution in [0.15, 0.2) is 129 Å². The molecule has 5 aromatic carbocycles. The Morgan fingerprint density at radius 2 is 1.00 bits per heavy atom. The summed E-state index contributed by atoms with van der Waals surface area (Å²) in [6.45, 7) is 3.87. The highest BCUT2D eigenvalue weighted by Gasteiger charge is 2.54. The third kappa shape index (κ3) is 7.77. The third-order valence-corrected chi connectivity index (χ3v) is 12.9. The zero-order valence-corrected chi connectivity index (χ0v) is 31.6. The molecule has 10 nitrogen and oxygen atoms in total. The molecule has 0 aliphatic carbocycles. The quantitative estimate of drug-likeness (QED) is 0.111. The number of rotatable bonds is 13. The van der Waals surface area contributed by atoms with Gasteiger partial charge in [0.05, 0.1) is 30.7 Å². The molecule has 2 N–H and O–H groups in total. The summed E-state index contributed by atoms with van der Waals surface area (Å²) in [6, 6.07) is 20.8. The molecular formula is C41H33F3O10S2. The van der Waals surface area contributed by atoms with E-state index in [2.05, 4.69) is 0 Å². The molecular weight excluding hydrogens is 774 g/mol. The SMILES string of the molecule is CCC(=O)c1cc(C(C)(c2ccc(C(=O)O)c(C(=O)Cc3cccc(S(=O)(=O)c4cccc(S(=O)(=O)c5cccc(C)c5)c4)c3)c2)C(F)(F)F)ccc1C(=O)O. The normalized spacial score (nSPS) is 13.1. The van der Waals surface area contributed by atoms with Crippen molar-refractivity contribution >= 4 is 43.2 Å². The van der Waals surface area contributed by atoms with Crippen molar-refractivity contribution in [1.82, 2.24) is 0 Å². The van der Waals surface area contributed by atoms with Crippen molar-refractivity contribution in [3.05, 3.63) is 154 Å². The van der Waals surface area contributed by atoms with Crippen molar-refractivity contribution < 1.29 is 59.4 Å². The Kier molecular flexibility index (Phi) is 11.3. The van der Waals surface area contributed by atoms with Crippen LogP contribution in [0.5, 0.6) is 0 Å². The van der Waals surface area contributed by atoms with Crippen LogP contribution < -0.4 is 0 Å². The molecule has 0 saturated heterocycles. The number of carbonyl (C=O) groups excluding carboxylic acids is 2. The van der Waals surface area contributed by atoms with E-state index in [1.807, 2.05) is 0 Å². The standard InChI is InChI=1S/C41H33F3O10S2/c1-4-36(45)34-21-26(14-16-32(34)38(47)48)40(3,41(42,43)44)27-15-17-33(39(49)50)35(22-27)37(46)20-25-9-6-11-29(19-25)56(53,54)31-13-7-12-30(23-31)55(51,52)28-10-5-8-24(2)18-28/h5-19,21-23H,4,20H2,1-3H3,(H,47,48)(H,49,50). The summed E-state index contributed by atoms with van der Waals surface area (Å²) in [6.07, 6.45) is -5.97. The number of benzene rings is 5. The molecule has 15 heteroatoms. The Bertz CT molecular complexity index is 2650. The fourth-order valence-corrected chi connectivity index (χ4v) is 9.06. The molecule has 0 bridgehead atoms. The summed E-state index contributed by atoms with van der Waals surface area (Å²) < 4.78 is 99.4. The largest absolute Gasteiger partial charge is 0.478 e. The second-order valence-electron chi connectivity index (χ2n) is 13.1. The van der Waals surface area contributed by atoms with Gasteiger partial charge in [0.15, 0.2) is 11.6 Å². The van der Waals surface area contributed by atoms with Crippen LogP contribution in [0.1, 0.15) is 84.0 Å². The molecule has 1 unspecified atom stereocenters. The molecule has 0 aliphatic rings. The zero-order chi connectivity index (χ0) is 41.4. The van der Waals surface area contributed by atoms with Gasteiger partial charge in [-0.3, -0.25) is 9.59 Å². The fraction of sp³-hybridized carbons (Fsp3) is 0.171. The summed E-state index contributed by atoms with van der Waals surface area (Å²) in [5, 5.41) is 19.5. The molecule has 5 aromatic rings. The van der Waals surface area contributed by atoms with Gasteiger partial charge in [0, 0.05) is 24.0 Å². The first kappa shape index (κ1) is 41.2. The lowest BCUT2D eigenvalue weighted by atomic mass is 9.73. The molecule has 0 saturated carbocycles. The summed E-state index contributed by atoms with van der Waals surface area (Å²) >= 11 is 0. The lowest BCUT2D eigenvalue weighted by molar-refractivity contribution is -0.173. The molecule has 0 aromatic heterocycles. The number of carbonyl (C=O) groups is 4. The molecule has 0 fully saturated rings. The van der Waals surface area contributed by atoms with Crippen LogP contribution in [0, 0.1) is 6.92 Å². The van der Waals surface area contributed by atoms with E-state index in [1.54, 1.807) is 19.1 Å². The van der Waals surface area contributed by atoms with E-state index < -0.39 is 94.6 Å². The van der Waals surface area contributed by atoms with Crippen LogP contribution >= 0.6 is 0 Å². The lowest BCUT2D eigenvalue weighted by Crippen LogP contribution is -2.41. The topological polar surface area (TPSA) is 177 Å². The van der Waals surface area contributed by atoms with Gasteiger partial charge in [0.2, 0.25) is 19.7 Å². The zero-order valence-electron chi connectivity index (χ0n) is 29.9. The minimum absolute atomic E-state index is 0.0413. The maximum Gasteiger partial charge on any atom is 0.402 e. The van der Waals surface area contributed by atoms with E-state index in [0.29, 0.717) is 5.56 Å². The highest BCUT2D eigenvalue weighted by atomic mass is 32.2. The summed E-state index contributed by atoms with van der Waals surface area (Å²) in [5.41, 5.74) is -5.62. The van der Waals surface area contributed by atoms with Crippen LogP contribution in [-0.4, -0.2) is 56.7 Å². The number of aryl methyl sites for hydroxylation is 1. The minimum atomic E-state index is -5.12. The first-order chi connectivity index (χ1) is 26.1. The number of alkyl halides is 3. The van der Waals surface area contributed by atoms with Crippen molar-refractivity contribution in [1.29, 1.82) is 0 Å². The number of halogens is 3. The van der Waals surface area contributed by atoms with Crippen LogP contribution in [0.25, 0.3) is 0 Å². The van der Waals surface area contributed by atoms with Crippen molar-refractivity contribution in [2.24, 2.45) is 0 Å². The molecule has 290 valence electrons. The van der Waals surface area contributed by atoms with E-state index in [0.717, 1.165) is 55.5 Å². The van der Waals surface area contributed by atoms with E-state index in [9.17, 15) is 46.2 Å². The number of Topliss-reactive ketones (excluding diaryl/α,β-unsaturated/α-hetero) is 2. The molecule has 0 radical (unpaired) electrons. The van der Waals surface area contributed by atoms with E-state index >= 15 is 13.2 Å². The number of hydrogen-bond donors (Lipinski definition) is 2. The molecule has 0 amide bonds. The fourth-order valence-electron chi connectivity index (χ4n) is 6.20. The predicted molar refractivity (Wildman–Crippen MR) is 197 cm³/mol. The van der Waals surface area contributed by atoms with Crippen molar-refractivity contribution in [3.8, 4) is 0 Å². The van der Waals surface area contributed by atoms with Crippen LogP contribution in [0.2, 0.25) is 0 Å². The van der Waals surface area contributed by atoms with Crippen molar-refractivity contribution in [2.75, 3.05) is 0 Å². The Hall–Kier alpha value is -5.93. The van der Waals surface area contributed by atoms with Gasteiger partial charge in [-0.25, -0.2) is 26.4 Å². The monoisotopic (exact) mass is 806 g/mol. The third-order valence-electron chi connectivity index (χ3n) is 9.44. The van der Waals surface area contributed by atoms with Gasteiger partial charge in [0.25, 0.3) is 0 Å². The average molecular weight is 807 g/mol. The summed E-state index contributed by atoms with van der Waals surface area (Å²) in [7, 11) is -8.52. The Balaban J connectivity index is 1.54. The van der Waals surface area contributed by atoms with Crippen molar-refractivity contribution in [2.45, 2.75) is 64.8 Å². The van der Waals surface area contributed by atoms with Gasteiger partial charge < -0.3 is 10.2 Å². The highest BCUT2D eigenvalue weighted by molar-refractivity contribution is 7.92. The number of sulfone groups is 2. The van der Waals surface area contributed by atoms with Gasteiger partial charge in [-0.05, 0) is 103 Å². The summed E-state index contributed by atoms with van der Waals surface area (Å²) in [5.74, 6) is -4.86. The number of carboxylic acid groups (broad SMARTS) is 2. The number of carboxylic acids is 2. The summed E-state index contributed by atoms with van der Waals surface area (Å²) in [4.78, 5) is 49.3. The number of aromatic carboxylic acids is 2. The predicted octanol–water partition coefficient (Wildman–Crippen LogP) is 7.94. The van der Waals surface area contributed by atoms with Gasteiger partial charge >= 0.3 is 18.1 Å². The first-order valence-corrected chi connectivity index (χ1v) is 19.7. The highest BCUT2D eigenvalue weighted by Crippen LogP contribution is 2.47.